The largest absolute Gasteiger partial charge is 0.327 e. The van der Waals surface area contributed by atoms with Crippen LogP contribution in [0.3, 0.4) is 0 Å². The minimum Gasteiger partial charge on any atom is -0.327 e. The van der Waals surface area contributed by atoms with Gasteiger partial charge in [-0.25, -0.2) is 4.98 Å². The van der Waals surface area contributed by atoms with Gasteiger partial charge in [0.25, 0.3) is 0 Å². The van der Waals surface area contributed by atoms with Gasteiger partial charge >= 0.3 is 0 Å². The molecule has 4 heteroatoms. The Morgan fingerprint density at radius 3 is 2.74 bits per heavy atom. The van der Waals surface area contributed by atoms with Crippen molar-refractivity contribution in [3.8, 4) is 17.5 Å². The molecule has 0 amide bonds. The molecule has 92 valence electrons. The van der Waals surface area contributed by atoms with Crippen LogP contribution in [0.4, 0.5) is 0 Å². The van der Waals surface area contributed by atoms with Gasteiger partial charge < -0.3 is 4.57 Å². The SMILES string of the molecule is Cc1ccc(-c2nc3cc(C#N)ccc3n2C)cn1. The van der Waals surface area contributed by atoms with Gasteiger partial charge in [0.2, 0.25) is 0 Å². The van der Waals surface area contributed by atoms with Crippen LogP contribution < -0.4 is 0 Å². The lowest BCUT2D eigenvalue weighted by atomic mass is 10.2. The Morgan fingerprint density at radius 2 is 2.05 bits per heavy atom. The summed E-state index contributed by atoms with van der Waals surface area (Å²) in [6.07, 6.45) is 1.82. The molecule has 4 nitrogen and oxygen atoms in total. The molecule has 19 heavy (non-hydrogen) atoms. The Balaban J connectivity index is 2.22. The lowest BCUT2D eigenvalue weighted by molar-refractivity contribution is 0.956. The highest BCUT2D eigenvalue weighted by atomic mass is 15.1. The number of imidazole rings is 1. The smallest absolute Gasteiger partial charge is 0.142 e. The van der Waals surface area contributed by atoms with Crippen LogP contribution in [0.1, 0.15) is 11.3 Å². The van der Waals surface area contributed by atoms with E-state index in [2.05, 4.69) is 16.0 Å². The Hall–Kier alpha value is -2.67. The van der Waals surface area contributed by atoms with E-state index in [9.17, 15) is 0 Å². The van der Waals surface area contributed by atoms with Crippen molar-refractivity contribution in [1.29, 1.82) is 5.26 Å². The third kappa shape index (κ3) is 1.85. The van der Waals surface area contributed by atoms with Gasteiger partial charge in [-0.2, -0.15) is 5.26 Å². The highest BCUT2D eigenvalue weighted by molar-refractivity contribution is 5.81. The third-order valence-electron chi connectivity index (χ3n) is 3.18. The average molecular weight is 248 g/mol. The molecule has 1 aromatic carbocycles. The minimum atomic E-state index is 0.624. The number of aryl methyl sites for hydroxylation is 2. The molecular weight excluding hydrogens is 236 g/mol. The van der Waals surface area contributed by atoms with E-state index >= 15 is 0 Å². The molecule has 0 bridgehead atoms. The van der Waals surface area contributed by atoms with Crippen molar-refractivity contribution in [2.75, 3.05) is 0 Å². The van der Waals surface area contributed by atoms with Gasteiger partial charge in [-0.15, -0.1) is 0 Å². The van der Waals surface area contributed by atoms with Crippen molar-refractivity contribution in [1.82, 2.24) is 14.5 Å². The van der Waals surface area contributed by atoms with E-state index in [1.54, 1.807) is 12.1 Å². The van der Waals surface area contributed by atoms with Gasteiger partial charge in [0.05, 0.1) is 22.7 Å². The van der Waals surface area contributed by atoms with Crippen molar-refractivity contribution in [3.05, 3.63) is 47.8 Å². The van der Waals surface area contributed by atoms with Gasteiger partial charge in [-0.05, 0) is 37.3 Å². The molecule has 0 radical (unpaired) electrons. The van der Waals surface area contributed by atoms with Gasteiger partial charge in [0.15, 0.2) is 0 Å². The third-order valence-corrected chi connectivity index (χ3v) is 3.18. The van der Waals surface area contributed by atoms with E-state index in [0.29, 0.717) is 5.56 Å². The number of nitriles is 1. The molecule has 0 saturated heterocycles. The van der Waals surface area contributed by atoms with E-state index in [4.69, 9.17) is 5.26 Å². The van der Waals surface area contributed by atoms with Crippen LogP contribution >= 0.6 is 0 Å². The van der Waals surface area contributed by atoms with Crippen molar-refractivity contribution in [2.45, 2.75) is 6.92 Å². The lowest BCUT2D eigenvalue weighted by Crippen LogP contribution is -1.93. The van der Waals surface area contributed by atoms with Crippen LogP contribution in [0.5, 0.6) is 0 Å². The van der Waals surface area contributed by atoms with Gasteiger partial charge in [0, 0.05) is 24.5 Å². The first-order valence-electron chi connectivity index (χ1n) is 5.98. The molecule has 0 aliphatic carbocycles. The fraction of sp³-hybridized carbons (Fsp3) is 0.133. The Bertz CT molecular complexity index is 791. The molecular formula is C15H12N4. The predicted octanol–water partition coefficient (Wildman–Crippen LogP) is 2.82. The number of benzene rings is 1. The Morgan fingerprint density at radius 1 is 1.21 bits per heavy atom. The molecule has 0 fully saturated rings. The number of hydrogen-bond donors (Lipinski definition) is 0. The molecule has 0 aliphatic rings. The molecule has 0 unspecified atom stereocenters. The standard InChI is InChI=1S/C15H12N4/c1-10-3-5-12(9-17-10)15-18-13-7-11(8-16)4-6-14(13)19(15)2/h3-7,9H,1-2H3. The van der Waals surface area contributed by atoms with Crippen LogP contribution in [-0.4, -0.2) is 14.5 Å². The second-order valence-electron chi connectivity index (χ2n) is 4.50. The molecule has 0 N–H and O–H groups in total. The van der Waals surface area contributed by atoms with Crippen LogP contribution in [0.2, 0.25) is 0 Å². The molecule has 3 aromatic rings. The zero-order valence-electron chi connectivity index (χ0n) is 10.8. The number of fused-ring (bicyclic) bond motifs is 1. The average Bonchev–Trinajstić information content (AvgIpc) is 2.76. The predicted molar refractivity (Wildman–Crippen MR) is 73.4 cm³/mol. The van der Waals surface area contributed by atoms with Crippen LogP contribution in [0.15, 0.2) is 36.5 Å². The second kappa shape index (κ2) is 4.21. The Kier molecular flexibility index (Phi) is 2.53. The maximum atomic E-state index is 8.93. The monoisotopic (exact) mass is 248 g/mol. The summed E-state index contributed by atoms with van der Waals surface area (Å²) in [4.78, 5) is 8.89. The molecule has 0 aliphatic heterocycles. The molecule has 0 saturated carbocycles. The topological polar surface area (TPSA) is 54.5 Å². The number of aromatic nitrogens is 3. The maximum absolute atomic E-state index is 8.93. The summed E-state index contributed by atoms with van der Waals surface area (Å²) >= 11 is 0. The first-order chi connectivity index (χ1) is 9.19. The summed E-state index contributed by atoms with van der Waals surface area (Å²) in [6.45, 7) is 1.96. The molecule has 0 spiro atoms. The van der Waals surface area contributed by atoms with Crippen molar-refractivity contribution < 1.29 is 0 Å². The van der Waals surface area contributed by atoms with Crippen molar-refractivity contribution in [2.24, 2.45) is 7.05 Å². The fourth-order valence-electron chi connectivity index (χ4n) is 2.13. The molecule has 2 heterocycles. The normalized spacial score (nSPS) is 10.6. The van der Waals surface area contributed by atoms with E-state index < -0.39 is 0 Å². The van der Waals surface area contributed by atoms with Crippen LogP contribution in [0.25, 0.3) is 22.4 Å². The summed E-state index contributed by atoms with van der Waals surface area (Å²) in [7, 11) is 1.97. The minimum absolute atomic E-state index is 0.624. The number of rotatable bonds is 1. The van der Waals surface area contributed by atoms with E-state index in [0.717, 1.165) is 28.1 Å². The zero-order chi connectivity index (χ0) is 13.4. The van der Waals surface area contributed by atoms with Crippen LogP contribution in [-0.2, 0) is 7.05 Å². The van der Waals surface area contributed by atoms with E-state index in [1.165, 1.54) is 0 Å². The Labute approximate surface area is 111 Å². The highest BCUT2D eigenvalue weighted by Gasteiger charge is 2.10. The fourth-order valence-corrected chi connectivity index (χ4v) is 2.13. The summed E-state index contributed by atoms with van der Waals surface area (Å²) in [5, 5.41) is 8.93. The molecule has 3 rings (SSSR count). The quantitative estimate of drug-likeness (QED) is 0.665. The summed E-state index contributed by atoms with van der Waals surface area (Å²) in [5.41, 5.74) is 4.42. The van der Waals surface area contributed by atoms with E-state index in [1.807, 2.05) is 42.9 Å². The molecule has 0 atom stereocenters. The summed E-state index contributed by atoms with van der Waals surface area (Å²) in [6, 6.07) is 11.6. The second-order valence-corrected chi connectivity index (χ2v) is 4.50. The maximum Gasteiger partial charge on any atom is 0.142 e. The number of nitrogens with zero attached hydrogens (tertiary/aromatic N) is 4. The zero-order valence-corrected chi connectivity index (χ0v) is 10.8. The number of pyridine rings is 1. The van der Waals surface area contributed by atoms with Gasteiger partial charge in [0.1, 0.15) is 5.82 Å². The van der Waals surface area contributed by atoms with Gasteiger partial charge in [-0.3, -0.25) is 4.98 Å². The van der Waals surface area contributed by atoms with E-state index in [-0.39, 0.29) is 0 Å². The lowest BCUT2D eigenvalue weighted by Gasteiger charge is -2.02. The summed E-state index contributed by atoms with van der Waals surface area (Å²) < 4.78 is 2.02. The highest BCUT2D eigenvalue weighted by Crippen LogP contribution is 2.23. The number of hydrogen-bond acceptors (Lipinski definition) is 3. The molecule has 2 aromatic heterocycles. The van der Waals surface area contributed by atoms with Crippen LogP contribution in [0, 0.1) is 18.3 Å². The first-order valence-corrected chi connectivity index (χ1v) is 5.98. The summed E-state index contributed by atoms with van der Waals surface area (Å²) in [5.74, 6) is 0.859. The van der Waals surface area contributed by atoms with Crippen molar-refractivity contribution in [3.63, 3.8) is 0 Å². The van der Waals surface area contributed by atoms with Crippen molar-refractivity contribution >= 4 is 11.0 Å². The first kappa shape index (κ1) is 11.4. The van der Waals surface area contributed by atoms with Gasteiger partial charge in [-0.1, -0.05) is 0 Å².